The third kappa shape index (κ3) is 4.12. The number of piperazine rings is 1. The maximum Gasteiger partial charge on any atom is 0.321 e. The Morgan fingerprint density at radius 1 is 1.30 bits per heavy atom. The minimum Gasteiger partial charge on any atom is -0.339 e. The van der Waals surface area contributed by atoms with E-state index in [4.69, 9.17) is 4.52 Å². The van der Waals surface area contributed by atoms with Crippen molar-refractivity contribution in [2.24, 2.45) is 0 Å². The van der Waals surface area contributed by atoms with E-state index in [0.29, 0.717) is 12.4 Å². The molecule has 27 heavy (non-hydrogen) atoms. The van der Waals surface area contributed by atoms with Crippen molar-refractivity contribution in [3.05, 3.63) is 42.0 Å². The summed E-state index contributed by atoms with van der Waals surface area (Å²) in [7, 11) is 2.08. The Hall–Kier alpha value is -2.45. The van der Waals surface area contributed by atoms with Crippen molar-refractivity contribution in [3.63, 3.8) is 0 Å². The van der Waals surface area contributed by atoms with Crippen molar-refractivity contribution in [3.8, 4) is 0 Å². The summed E-state index contributed by atoms with van der Waals surface area (Å²) >= 11 is 0. The minimum absolute atomic E-state index is 0.0816. The molecule has 0 saturated carbocycles. The first kappa shape index (κ1) is 17.9. The molecule has 1 aromatic carbocycles. The molecule has 2 saturated heterocycles. The maximum atomic E-state index is 12.6. The summed E-state index contributed by atoms with van der Waals surface area (Å²) in [5.41, 5.74) is 0.803. The van der Waals surface area contributed by atoms with E-state index in [1.54, 1.807) is 0 Å². The molecular formula is C19H26N6O2. The highest BCUT2D eigenvalue weighted by Crippen LogP contribution is 2.28. The van der Waals surface area contributed by atoms with Crippen LogP contribution in [-0.2, 0) is 0 Å². The van der Waals surface area contributed by atoms with Crippen LogP contribution in [0.1, 0.15) is 36.5 Å². The lowest BCUT2D eigenvalue weighted by Gasteiger charge is -2.31. The molecule has 2 amide bonds. The number of piperidine rings is 1. The summed E-state index contributed by atoms with van der Waals surface area (Å²) in [6, 6.07) is 9.58. The summed E-state index contributed by atoms with van der Waals surface area (Å²) in [5.74, 6) is 1.45. The number of benzene rings is 1. The van der Waals surface area contributed by atoms with Gasteiger partial charge in [-0.05, 0) is 32.0 Å². The molecule has 2 fully saturated rings. The first-order valence-corrected chi connectivity index (χ1v) is 9.56. The molecule has 2 unspecified atom stereocenters. The lowest BCUT2D eigenvalue weighted by Crippen LogP contribution is -2.44. The van der Waals surface area contributed by atoms with Gasteiger partial charge in [-0.15, -0.1) is 0 Å². The first-order valence-electron chi connectivity index (χ1n) is 9.56. The number of para-hydroxylation sites is 1. The third-order valence-electron chi connectivity index (χ3n) is 5.35. The average molecular weight is 370 g/mol. The molecule has 2 aliphatic rings. The fourth-order valence-corrected chi connectivity index (χ4v) is 3.73. The number of urea groups is 1. The van der Waals surface area contributed by atoms with Gasteiger partial charge in [-0.25, -0.2) is 4.79 Å². The topological polar surface area (TPSA) is 86.5 Å². The normalized spacial score (nSPS) is 24.0. The number of hydrogen-bond acceptors (Lipinski definition) is 6. The number of likely N-dealkylation sites (N-methyl/N-ethyl adjacent to an activating group) is 1. The molecule has 144 valence electrons. The number of nitrogens with zero attached hydrogens (tertiary/aromatic N) is 4. The SMILES string of the molecule is CN1CCNCC1c1noc(C2CCCN(C(=O)Nc3ccccc3)C2)n1. The van der Waals surface area contributed by atoms with Crippen molar-refractivity contribution in [2.45, 2.75) is 24.8 Å². The smallest absolute Gasteiger partial charge is 0.321 e. The summed E-state index contributed by atoms with van der Waals surface area (Å²) in [5, 5.41) is 10.5. The Labute approximate surface area is 158 Å². The summed E-state index contributed by atoms with van der Waals surface area (Å²) in [6.07, 6.45) is 1.88. The molecule has 2 atom stereocenters. The zero-order valence-corrected chi connectivity index (χ0v) is 15.6. The van der Waals surface area contributed by atoms with E-state index in [1.165, 1.54) is 0 Å². The van der Waals surface area contributed by atoms with Gasteiger partial charge in [-0.3, -0.25) is 4.90 Å². The second-order valence-corrected chi connectivity index (χ2v) is 7.27. The van der Waals surface area contributed by atoms with Crippen LogP contribution in [0, 0.1) is 0 Å². The number of rotatable bonds is 3. The van der Waals surface area contributed by atoms with E-state index in [1.807, 2.05) is 35.2 Å². The Balaban J connectivity index is 1.40. The highest BCUT2D eigenvalue weighted by Gasteiger charge is 2.31. The standard InChI is InChI=1S/C19H26N6O2/c1-24-11-9-20-12-16(24)17-22-18(27-23-17)14-6-5-10-25(13-14)19(26)21-15-7-3-2-4-8-15/h2-4,7-8,14,16,20H,5-6,9-13H2,1H3,(H,21,26). The van der Waals surface area contributed by atoms with Gasteiger partial charge in [0.15, 0.2) is 5.82 Å². The van der Waals surface area contributed by atoms with E-state index < -0.39 is 0 Å². The molecule has 0 bridgehead atoms. The molecule has 0 radical (unpaired) electrons. The maximum absolute atomic E-state index is 12.6. The number of likely N-dealkylation sites (tertiary alicyclic amines) is 1. The van der Waals surface area contributed by atoms with Crippen LogP contribution in [0.15, 0.2) is 34.9 Å². The second kappa shape index (κ2) is 8.06. The van der Waals surface area contributed by atoms with Crippen LogP contribution in [0.25, 0.3) is 0 Å². The quantitative estimate of drug-likeness (QED) is 0.860. The van der Waals surface area contributed by atoms with Crippen LogP contribution in [-0.4, -0.2) is 65.7 Å². The highest BCUT2D eigenvalue weighted by molar-refractivity contribution is 5.89. The molecule has 0 spiro atoms. The number of hydrogen-bond donors (Lipinski definition) is 2. The van der Waals surface area contributed by atoms with Crippen LogP contribution in [0.3, 0.4) is 0 Å². The van der Waals surface area contributed by atoms with E-state index in [9.17, 15) is 4.79 Å². The van der Waals surface area contributed by atoms with Gasteiger partial charge in [-0.1, -0.05) is 23.4 Å². The number of carbonyl (C=O) groups is 1. The molecule has 8 nitrogen and oxygen atoms in total. The molecule has 2 aromatic rings. The van der Waals surface area contributed by atoms with Crippen molar-refractivity contribution >= 4 is 11.7 Å². The predicted octanol–water partition coefficient (Wildman–Crippen LogP) is 2.06. The Kier molecular flexibility index (Phi) is 5.35. The first-order chi connectivity index (χ1) is 13.2. The van der Waals surface area contributed by atoms with Crippen molar-refractivity contribution in [2.75, 3.05) is 45.1 Å². The largest absolute Gasteiger partial charge is 0.339 e. The number of carbonyl (C=O) groups excluding carboxylic acids is 1. The van der Waals surface area contributed by atoms with Gasteiger partial charge in [0.05, 0.1) is 12.0 Å². The average Bonchev–Trinajstić information content (AvgIpc) is 3.19. The summed E-state index contributed by atoms with van der Waals surface area (Å²) < 4.78 is 5.58. The molecule has 8 heteroatoms. The van der Waals surface area contributed by atoms with E-state index in [-0.39, 0.29) is 18.0 Å². The molecular weight excluding hydrogens is 344 g/mol. The fourth-order valence-electron chi connectivity index (χ4n) is 3.73. The van der Waals surface area contributed by atoms with Gasteiger partial charge in [-0.2, -0.15) is 4.98 Å². The number of nitrogens with one attached hydrogen (secondary N) is 2. The van der Waals surface area contributed by atoms with E-state index in [2.05, 4.69) is 32.7 Å². The Morgan fingerprint density at radius 3 is 2.96 bits per heavy atom. The summed E-state index contributed by atoms with van der Waals surface area (Å²) in [4.78, 5) is 21.3. The Morgan fingerprint density at radius 2 is 2.15 bits per heavy atom. The van der Waals surface area contributed by atoms with E-state index >= 15 is 0 Å². The molecule has 3 heterocycles. The zero-order chi connectivity index (χ0) is 18.6. The monoisotopic (exact) mass is 370 g/mol. The predicted molar refractivity (Wildman–Crippen MR) is 102 cm³/mol. The van der Waals surface area contributed by atoms with E-state index in [0.717, 1.165) is 50.5 Å². The van der Waals surface area contributed by atoms with Gasteiger partial charge >= 0.3 is 6.03 Å². The van der Waals surface area contributed by atoms with Gasteiger partial charge in [0.25, 0.3) is 0 Å². The highest BCUT2D eigenvalue weighted by atomic mass is 16.5. The zero-order valence-electron chi connectivity index (χ0n) is 15.6. The molecule has 1 aromatic heterocycles. The lowest BCUT2D eigenvalue weighted by atomic mass is 9.98. The van der Waals surface area contributed by atoms with Crippen LogP contribution in [0.2, 0.25) is 0 Å². The molecule has 0 aliphatic carbocycles. The molecule has 2 aliphatic heterocycles. The van der Waals surface area contributed by atoms with Crippen LogP contribution in [0.4, 0.5) is 10.5 Å². The van der Waals surface area contributed by atoms with Crippen LogP contribution in [0.5, 0.6) is 0 Å². The summed E-state index contributed by atoms with van der Waals surface area (Å²) in [6.45, 7) is 4.10. The van der Waals surface area contributed by atoms with Crippen LogP contribution >= 0.6 is 0 Å². The third-order valence-corrected chi connectivity index (χ3v) is 5.35. The number of aromatic nitrogens is 2. The van der Waals surface area contributed by atoms with Crippen molar-refractivity contribution < 1.29 is 9.32 Å². The van der Waals surface area contributed by atoms with Gasteiger partial charge in [0.1, 0.15) is 0 Å². The van der Waals surface area contributed by atoms with Crippen molar-refractivity contribution in [1.29, 1.82) is 0 Å². The second-order valence-electron chi connectivity index (χ2n) is 7.27. The lowest BCUT2D eigenvalue weighted by molar-refractivity contribution is 0.182. The van der Waals surface area contributed by atoms with Crippen molar-refractivity contribution in [1.82, 2.24) is 25.3 Å². The number of amides is 2. The Bertz CT molecular complexity index is 765. The van der Waals surface area contributed by atoms with Gasteiger partial charge in [0, 0.05) is 38.4 Å². The number of anilines is 1. The van der Waals surface area contributed by atoms with Crippen LogP contribution < -0.4 is 10.6 Å². The van der Waals surface area contributed by atoms with Gasteiger partial charge < -0.3 is 20.1 Å². The minimum atomic E-state index is -0.0816. The molecule has 2 N–H and O–H groups in total. The van der Waals surface area contributed by atoms with Gasteiger partial charge in [0.2, 0.25) is 5.89 Å². The molecule has 4 rings (SSSR count). The fraction of sp³-hybridized carbons (Fsp3) is 0.526.